The normalized spacial score (nSPS) is 20.3. The van der Waals surface area contributed by atoms with Gasteiger partial charge in [-0.3, -0.25) is 0 Å². The Kier molecular flexibility index (Phi) is 5.80. The predicted molar refractivity (Wildman–Crippen MR) is 85.8 cm³/mol. The molecule has 1 heterocycles. The lowest BCUT2D eigenvalue weighted by Gasteiger charge is -2.25. The Morgan fingerprint density at radius 3 is 2.33 bits per heavy atom. The third-order valence-electron chi connectivity index (χ3n) is 4.21. The molecule has 0 saturated carbocycles. The standard InChI is InChI=1S/C16H22F3NO3S/c1-11(2)24(21,22)10-15(12-7-8-20-9-12)23-14-5-3-13(4-6-14)16(17,18)19/h3-6,11-12,15,20H,7-10H2,1-2H3/t12-,15?/m0/s1. The maximum Gasteiger partial charge on any atom is 0.416 e. The largest absolute Gasteiger partial charge is 0.489 e. The van der Waals surface area contributed by atoms with E-state index in [1.165, 1.54) is 12.1 Å². The highest BCUT2D eigenvalue weighted by molar-refractivity contribution is 7.92. The zero-order valence-electron chi connectivity index (χ0n) is 13.6. The number of halogens is 3. The molecule has 0 spiro atoms. The molecule has 2 rings (SSSR count). The van der Waals surface area contributed by atoms with Crippen LogP contribution in [0.2, 0.25) is 0 Å². The third kappa shape index (κ3) is 4.86. The highest BCUT2D eigenvalue weighted by atomic mass is 32.2. The van der Waals surface area contributed by atoms with Gasteiger partial charge in [-0.25, -0.2) is 8.42 Å². The summed E-state index contributed by atoms with van der Waals surface area (Å²) in [5.41, 5.74) is -0.760. The van der Waals surface area contributed by atoms with E-state index in [1.807, 2.05) is 0 Å². The molecule has 0 aliphatic carbocycles. The minimum absolute atomic E-state index is 0.0146. The fourth-order valence-corrected chi connectivity index (χ4v) is 3.76. The Hall–Kier alpha value is -1.28. The molecule has 1 unspecified atom stereocenters. The quantitative estimate of drug-likeness (QED) is 0.842. The fraction of sp³-hybridized carbons (Fsp3) is 0.625. The molecule has 8 heteroatoms. The van der Waals surface area contributed by atoms with Crippen LogP contribution in [0.3, 0.4) is 0 Å². The van der Waals surface area contributed by atoms with Gasteiger partial charge in [-0.2, -0.15) is 13.2 Å². The van der Waals surface area contributed by atoms with E-state index in [2.05, 4.69) is 5.32 Å². The van der Waals surface area contributed by atoms with Gasteiger partial charge in [-0.1, -0.05) is 0 Å². The summed E-state index contributed by atoms with van der Waals surface area (Å²) in [5, 5.41) is 2.64. The smallest absolute Gasteiger partial charge is 0.416 e. The van der Waals surface area contributed by atoms with Crippen LogP contribution in [0.15, 0.2) is 24.3 Å². The van der Waals surface area contributed by atoms with Crippen molar-refractivity contribution in [1.29, 1.82) is 0 Å². The van der Waals surface area contributed by atoms with E-state index in [0.717, 1.165) is 25.1 Å². The zero-order valence-corrected chi connectivity index (χ0v) is 14.5. The molecule has 1 aromatic carbocycles. The molecule has 0 amide bonds. The SMILES string of the molecule is CC(C)S(=O)(=O)CC(Oc1ccc(C(F)(F)F)cc1)[C@H]1CCNC1. The van der Waals surface area contributed by atoms with Gasteiger partial charge in [0.25, 0.3) is 0 Å². The van der Waals surface area contributed by atoms with Crippen LogP contribution in [0.4, 0.5) is 13.2 Å². The molecular weight excluding hydrogens is 343 g/mol. The highest BCUT2D eigenvalue weighted by Crippen LogP contribution is 2.31. The molecule has 24 heavy (non-hydrogen) atoms. The van der Waals surface area contributed by atoms with Crippen LogP contribution in [0.5, 0.6) is 5.75 Å². The van der Waals surface area contributed by atoms with Gasteiger partial charge in [-0.15, -0.1) is 0 Å². The second-order valence-electron chi connectivity index (χ2n) is 6.31. The fourth-order valence-electron chi connectivity index (χ4n) is 2.58. The maximum absolute atomic E-state index is 12.6. The Morgan fingerprint density at radius 1 is 1.25 bits per heavy atom. The Labute approximate surface area is 140 Å². The Bertz CT molecular complexity index is 636. The maximum atomic E-state index is 12.6. The van der Waals surface area contributed by atoms with Gasteiger partial charge in [0, 0.05) is 12.5 Å². The molecule has 4 nitrogen and oxygen atoms in total. The number of sulfone groups is 1. The predicted octanol–water partition coefficient (Wildman–Crippen LogP) is 2.89. The molecule has 1 aliphatic heterocycles. The minimum Gasteiger partial charge on any atom is -0.489 e. The number of ether oxygens (including phenoxy) is 1. The summed E-state index contributed by atoms with van der Waals surface area (Å²) in [5.74, 6) is 0.123. The second-order valence-corrected chi connectivity index (χ2v) is 8.91. The van der Waals surface area contributed by atoms with E-state index in [9.17, 15) is 21.6 Å². The lowest BCUT2D eigenvalue weighted by atomic mass is 10.0. The monoisotopic (exact) mass is 365 g/mol. The van der Waals surface area contributed by atoms with E-state index >= 15 is 0 Å². The number of hydrogen-bond donors (Lipinski definition) is 1. The van der Waals surface area contributed by atoms with Crippen LogP contribution in [0.1, 0.15) is 25.8 Å². The van der Waals surface area contributed by atoms with Crippen LogP contribution in [0, 0.1) is 5.92 Å². The van der Waals surface area contributed by atoms with Gasteiger partial charge < -0.3 is 10.1 Å². The van der Waals surface area contributed by atoms with Crippen molar-refractivity contribution in [3.63, 3.8) is 0 Å². The number of nitrogens with one attached hydrogen (secondary N) is 1. The summed E-state index contributed by atoms with van der Waals surface area (Å²) in [4.78, 5) is 0. The van der Waals surface area contributed by atoms with Crippen molar-refractivity contribution in [2.24, 2.45) is 5.92 Å². The third-order valence-corrected chi connectivity index (χ3v) is 6.44. The highest BCUT2D eigenvalue weighted by Gasteiger charge is 2.33. The summed E-state index contributed by atoms with van der Waals surface area (Å²) >= 11 is 0. The molecule has 1 aromatic rings. The van der Waals surface area contributed by atoms with E-state index in [-0.39, 0.29) is 17.4 Å². The first-order valence-corrected chi connectivity index (χ1v) is 9.57. The van der Waals surface area contributed by atoms with Crippen LogP contribution in [0.25, 0.3) is 0 Å². The van der Waals surface area contributed by atoms with Crippen molar-refractivity contribution < 1.29 is 26.3 Å². The summed E-state index contributed by atoms with van der Waals surface area (Å²) in [6, 6.07) is 4.35. The average Bonchev–Trinajstić information content (AvgIpc) is 3.00. The second kappa shape index (κ2) is 7.31. The molecule has 0 radical (unpaired) electrons. The van der Waals surface area contributed by atoms with Gasteiger partial charge in [0.05, 0.1) is 16.6 Å². The van der Waals surface area contributed by atoms with Gasteiger partial charge >= 0.3 is 6.18 Å². The lowest BCUT2D eigenvalue weighted by molar-refractivity contribution is -0.137. The first kappa shape index (κ1) is 19.1. The van der Waals surface area contributed by atoms with Crippen molar-refractivity contribution in [2.45, 2.75) is 37.8 Å². The van der Waals surface area contributed by atoms with Gasteiger partial charge in [0.2, 0.25) is 0 Å². The molecule has 1 N–H and O–H groups in total. The van der Waals surface area contributed by atoms with E-state index in [1.54, 1.807) is 13.8 Å². The van der Waals surface area contributed by atoms with Crippen molar-refractivity contribution >= 4 is 9.84 Å². The average molecular weight is 365 g/mol. The van der Waals surface area contributed by atoms with Gasteiger partial charge in [0.1, 0.15) is 11.9 Å². The first-order chi connectivity index (χ1) is 11.1. The minimum atomic E-state index is -4.41. The van der Waals surface area contributed by atoms with Gasteiger partial charge in [0.15, 0.2) is 9.84 Å². The van der Waals surface area contributed by atoms with Crippen molar-refractivity contribution in [2.75, 3.05) is 18.8 Å². The van der Waals surface area contributed by atoms with E-state index in [4.69, 9.17) is 4.74 Å². The molecule has 136 valence electrons. The van der Waals surface area contributed by atoms with Crippen LogP contribution in [-0.4, -0.2) is 38.6 Å². The molecular formula is C16H22F3NO3S. The summed E-state index contributed by atoms with van der Waals surface area (Å²) in [7, 11) is -3.32. The zero-order chi connectivity index (χ0) is 18.0. The summed E-state index contributed by atoms with van der Waals surface area (Å²) in [6.07, 6.45) is -4.21. The van der Waals surface area contributed by atoms with Crippen molar-refractivity contribution in [1.82, 2.24) is 5.32 Å². The van der Waals surface area contributed by atoms with Gasteiger partial charge in [-0.05, 0) is 51.1 Å². The molecule has 1 saturated heterocycles. The van der Waals surface area contributed by atoms with E-state index < -0.39 is 32.9 Å². The Balaban J connectivity index is 2.16. The number of alkyl halides is 3. The topological polar surface area (TPSA) is 55.4 Å². The molecule has 1 fully saturated rings. The van der Waals surface area contributed by atoms with Crippen molar-refractivity contribution in [3.8, 4) is 5.75 Å². The summed E-state index contributed by atoms with van der Waals surface area (Å²) < 4.78 is 68.0. The Morgan fingerprint density at radius 2 is 1.88 bits per heavy atom. The van der Waals surface area contributed by atoms with Crippen molar-refractivity contribution in [3.05, 3.63) is 29.8 Å². The molecule has 1 aliphatic rings. The van der Waals surface area contributed by atoms with E-state index in [0.29, 0.717) is 6.54 Å². The molecule has 2 atom stereocenters. The first-order valence-electron chi connectivity index (χ1n) is 7.86. The molecule has 0 aromatic heterocycles. The lowest BCUT2D eigenvalue weighted by Crippen LogP contribution is -2.37. The number of rotatable bonds is 6. The van der Waals surface area contributed by atoms with Crippen LogP contribution < -0.4 is 10.1 Å². The number of benzene rings is 1. The summed E-state index contributed by atoms with van der Waals surface area (Å²) in [6.45, 7) is 4.63. The molecule has 0 bridgehead atoms. The number of hydrogen-bond acceptors (Lipinski definition) is 4. The van der Waals surface area contributed by atoms with Crippen LogP contribution >= 0.6 is 0 Å². The van der Waals surface area contributed by atoms with Crippen LogP contribution in [-0.2, 0) is 16.0 Å².